The average molecular weight is 476 g/mol. The van der Waals surface area contributed by atoms with Crippen molar-refractivity contribution in [1.82, 2.24) is 19.7 Å². The van der Waals surface area contributed by atoms with E-state index in [4.69, 9.17) is 0 Å². The van der Waals surface area contributed by atoms with Gasteiger partial charge in [-0.15, -0.1) is 0 Å². The fraction of sp³-hybridized carbons (Fsp3) is 0.464. The van der Waals surface area contributed by atoms with Crippen molar-refractivity contribution in [2.24, 2.45) is 11.8 Å². The third kappa shape index (κ3) is 5.84. The van der Waals surface area contributed by atoms with Gasteiger partial charge in [0.2, 0.25) is 5.91 Å². The van der Waals surface area contributed by atoms with Crippen LogP contribution in [0, 0.1) is 11.8 Å². The number of amides is 1. The van der Waals surface area contributed by atoms with Crippen LogP contribution in [0.4, 0.5) is 5.69 Å². The molecule has 1 N–H and O–H groups in total. The molecule has 1 aliphatic heterocycles. The number of anilines is 1. The van der Waals surface area contributed by atoms with E-state index >= 15 is 0 Å². The van der Waals surface area contributed by atoms with Crippen molar-refractivity contribution in [1.29, 1.82) is 0 Å². The Balaban J connectivity index is 1.44. The molecule has 7 nitrogen and oxygen atoms in total. The molecule has 0 spiro atoms. The van der Waals surface area contributed by atoms with Gasteiger partial charge in [0.25, 0.3) is 0 Å². The molecule has 2 aromatic carbocycles. The minimum absolute atomic E-state index is 0.112. The maximum atomic E-state index is 13.1. The highest BCUT2D eigenvalue weighted by atomic mass is 16.2. The Kier molecular flexibility index (Phi) is 7.73. The molecule has 1 fully saturated rings. The Bertz CT molecular complexity index is 1160. The molecule has 3 aromatic rings. The zero-order valence-electron chi connectivity index (χ0n) is 21.2. The third-order valence-electron chi connectivity index (χ3n) is 6.65. The number of carbonyl (C=O) groups excluding carboxylic acids is 1. The van der Waals surface area contributed by atoms with Crippen molar-refractivity contribution < 1.29 is 4.79 Å². The molecule has 1 saturated heterocycles. The van der Waals surface area contributed by atoms with Crippen LogP contribution in [0.1, 0.15) is 52.0 Å². The fourth-order valence-electron chi connectivity index (χ4n) is 4.97. The molecule has 1 unspecified atom stereocenters. The molecule has 0 bridgehead atoms. The van der Waals surface area contributed by atoms with E-state index in [1.807, 2.05) is 44.2 Å². The molecular weight excluding hydrogens is 438 g/mol. The molecular formula is C28H37N5O2. The van der Waals surface area contributed by atoms with Gasteiger partial charge in [0, 0.05) is 31.4 Å². The van der Waals surface area contributed by atoms with Crippen LogP contribution in [-0.4, -0.2) is 39.4 Å². The topological polar surface area (TPSA) is 72.2 Å². The number of hydrogen-bond acceptors (Lipinski definition) is 4. The number of piperidine rings is 1. The van der Waals surface area contributed by atoms with E-state index in [1.165, 1.54) is 4.68 Å². The summed E-state index contributed by atoms with van der Waals surface area (Å²) in [6.45, 7) is 10.6. The zero-order valence-corrected chi connectivity index (χ0v) is 21.2. The SMILES string of the molecule is CC(C)Cn1ncn(-c2ccc(N3CCC(C(C(=O)NC(C)C)c4ccccc4)CC3)cc2)c1=O. The molecule has 1 amide bonds. The first-order valence-corrected chi connectivity index (χ1v) is 12.7. The Labute approximate surface area is 207 Å². The lowest BCUT2D eigenvalue weighted by Crippen LogP contribution is -2.42. The van der Waals surface area contributed by atoms with Crippen molar-refractivity contribution in [3.05, 3.63) is 77.0 Å². The van der Waals surface area contributed by atoms with E-state index in [9.17, 15) is 9.59 Å². The van der Waals surface area contributed by atoms with Crippen molar-refractivity contribution in [2.75, 3.05) is 18.0 Å². The molecule has 2 heterocycles. The standard InChI is InChI=1S/C28H37N5O2/c1-20(2)18-33-28(35)32(19-29-33)25-12-10-24(11-13-25)31-16-14-23(15-17-31)26(27(34)30-21(3)4)22-8-6-5-7-9-22/h5-13,19-21,23,26H,14-18H2,1-4H3,(H,30,34). The van der Waals surface area contributed by atoms with Crippen molar-refractivity contribution in [3.63, 3.8) is 0 Å². The van der Waals surface area contributed by atoms with Crippen LogP contribution in [0.25, 0.3) is 5.69 Å². The van der Waals surface area contributed by atoms with Gasteiger partial charge >= 0.3 is 5.69 Å². The summed E-state index contributed by atoms with van der Waals surface area (Å²) in [6.07, 6.45) is 3.50. The lowest BCUT2D eigenvalue weighted by molar-refractivity contribution is -0.124. The summed E-state index contributed by atoms with van der Waals surface area (Å²) in [5.74, 6) is 0.658. The van der Waals surface area contributed by atoms with Crippen molar-refractivity contribution >= 4 is 11.6 Å². The van der Waals surface area contributed by atoms with Gasteiger partial charge in [-0.3, -0.25) is 4.79 Å². The Morgan fingerprint density at radius 2 is 1.60 bits per heavy atom. The minimum atomic E-state index is -0.127. The Morgan fingerprint density at radius 3 is 2.20 bits per heavy atom. The minimum Gasteiger partial charge on any atom is -0.372 e. The van der Waals surface area contributed by atoms with Crippen LogP contribution >= 0.6 is 0 Å². The number of nitrogens with zero attached hydrogens (tertiary/aromatic N) is 4. The van der Waals surface area contributed by atoms with Gasteiger partial charge in [-0.2, -0.15) is 5.10 Å². The van der Waals surface area contributed by atoms with Gasteiger partial charge < -0.3 is 10.2 Å². The zero-order chi connectivity index (χ0) is 24.9. The smallest absolute Gasteiger partial charge is 0.350 e. The van der Waals surface area contributed by atoms with Gasteiger partial charge in [0.15, 0.2) is 0 Å². The second-order valence-corrected chi connectivity index (χ2v) is 10.3. The molecule has 7 heteroatoms. The fourth-order valence-corrected chi connectivity index (χ4v) is 4.97. The second-order valence-electron chi connectivity index (χ2n) is 10.3. The first kappa shape index (κ1) is 24.8. The normalized spacial score (nSPS) is 15.5. The van der Waals surface area contributed by atoms with E-state index in [2.05, 4.69) is 53.4 Å². The number of rotatable bonds is 8. The van der Waals surface area contributed by atoms with Crippen LogP contribution in [0.3, 0.4) is 0 Å². The van der Waals surface area contributed by atoms with Crippen LogP contribution in [0.5, 0.6) is 0 Å². The van der Waals surface area contributed by atoms with Gasteiger partial charge in [-0.25, -0.2) is 14.0 Å². The lowest BCUT2D eigenvalue weighted by Gasteiger charge is -2.37. The summed E-state index contributed by atoms with van der Waals surface area (Å²) in [6, 6.07) is 18.4. The molecule has 35 heavy (non-hydrogen) atoms. The summed E-state index contributed by atoms with van der Waals surface area (Å²) in [5, 5.41) is 7.38. The highest BCUT2D eigenvalue weighted by Crippen LogP contribution is 2.34. The molecule has 1 aliphatic rings. The van der Waals surface area contributed by atoms with Crippen LogP contribution in [0.2, 0.25) is 0 Å². The highest BCUT2D eigenvalue weighted by molar-refractivity contribution is 5.84. The molecule has 186 valence electrons. The quantitative estimate of drug-likeness (QED) is 0.530. The number of carbonyl (C=O) groups is 1. The monoisotopic (exact) mass is 475 g/mol. The van der Waals surface area contributed by atoms with E-state index < -0.39 is 0 Å². The molecule has 0 saturated carbocycles. The predicted octanol–water partition coefficient (Wildman–Crippen LogP) is 4.21. The molecule has 0 radical (unpaired) electrons. The van der Waals surface area contributed by atoms with Gasteiger partial charge in [0.05, 0.1) is 11.6 Å². The van der Waals surface area contributed by atoms with Crippen molar-refractivity contribution in [2.45, 2.75) is 59.0 Å². The highest BCUT2D eigenvalue weighted by Gasteiger charge is 2.33. The van der Waals surface area contributed by atoms with E-state index in [0.717, 1.165) is 42.9 Å². The van der Waals surface area contributed by atoms with E-state index in [-0.39, 0.29) is 23.6 Å². The molecule has 1 aromatic heterocycles. The van der Waals surface area contributed by atoms with E-state index in [0.29, 0.717) is 18.4 Å². The van der Waals surface area contributed by atoms with Gasteiger partial charge in [-0.05, 0) is 68.4 Å². The largest absolute Gasteiger partial charge is 0.372 e. The Hall–Kier alpha value is -3.35. The number of aromatic nitrogens is 3. The summed E-state index contributed by atoms with van der Waals surface area (Å²) in [7, 11) is 0. The summed E-state index contributed by atoms with van der Waals surface area (Å²) >= 11 is 0. The first-order chi connectivity index (χ1) is 16.8. The molecule has 1 atom stereocenters. The second kappa shape index (κ2) is 10.9. The summed E-state index contributed by atoms with van der Waals surface area (Å²) in [4.78, 5) is 28.1. The average Bonchev–Trinajstić information content (AvgIpc) is 3.19. The van der Waals surface area contributed by atoms with Crippen LogP contribution in [-0.2, 0) is 11.3 Å². The number of hydrogen-bond donors (Lipinski definition) is 1. The van der Waals surface area contributed by atoms with Gasteiger partial charge in [0.1, 0.15) is 6.33 Å². The lowest BCUT2D eigenvalue weighted by atomic mass is 9.79. The summed E-state index contributed by atoms with van der Waals surface area (Å²) in [5.41, 5.74) is 2.94. The van der Waals surface area contributed by atoms with Crippen LogP contribution in [0.15, 0.2) is 65.7 Å². The molecule has 0 aliphatic carbocycles. The summed E-state index contributed by atoms with van der Waals surface area (Å²) < 4.78 is 3.11. The third-order valence-corrected chi connectivity index (χ3v) is 6.65. The maximum Gasteiger partial charge on any atom is 0.350 e. The number of nitrogens with one attached hydrogen (secondary N) is 1. The first-order valence-electron chi connectivity index (χ1n) is 12.7. The number of benzene rings is 2. The predicted molar refractivity (Wildman–Crippen MR) is 140 cm³/mol. The van der Waals surface area contributed by atoms with Crippen LogP contribution < -0.4 is 15.9 Å². The van der Waals surface area contributed by atoms with E-state index in [1.54, 1.807) is 10.9 Å². The maximum absolute atomic E-state index is 13.1. The van der Waals surface area contributed by atoms with Crippen molar-refractivity contribution in [3.8, 4) is 5.69 Å². The van der Waals surface area contributed by atoms with Gasteiger partial charge in [-0.1, -0.05) is 44.2 Å². The Morgan fingerprint density at radius 1 is 0.971 bits per heavy atom. The molecule has 4 rings (SSSR count).